The fraction of sp³-hybridized carbons (Fsp3) is 0.571. The third kappa shape index (κ3) is 3.97. The number of aryl methyl sites for hydroxylation is 1. The molecule has 0 spiro atoms. The Labute approximate surface area is 118 Å². The Bertz CT molecular complexity index is 387. The third-order valence-electron chi connectivity index (χ3n) is 3.46. The van der Waals surface area contributed by atoms with E-state index in [4.69, 9.17) is 0 Å². The van der Waals surface area contributed by atoms with E-state index in [0.717, 1.165) is 17.6 Å². The summed E-state index contributed by atoms with van der Waals surface area (Å²) in [7, 11) is 2.19. The monoisotopic (exact) mass is 311 g/mol. The first-order valence-electron chi connectivity index (χ1n) is 6.56. The molecule has 1 fully saturated rings. The molecule has 1 aromatic rings. The maximum Gasteiger partial charge on any atom is 0.0487 e. The number of piperazine rings is 1. The van der Waals surface area contributed by atoms with Crippen LogP contribution in [0.5, 0.6) is 0 Å². The number of halogens is 1. The van der Waals surface area contributed by atoms with Crippen LogP contribution >= 0.6 is 15.9 Å². The molecule has 1 N–H and O–H groups in total. The van der Waals surface area contributed by atoms with Crippen LogP contribution in [-0.4, -0.2) is 56.1 Å². The van der Waals surface area contributed by atoms with Crippen molar-refractivity contribution in [1.29, 1.82) is 0 Å². The van der Waals surface area contributed by atoms with Crippen LogP contribution in [-0.2, 0) is 0 Å². The molecule has 1 aliphatic heterocycles. The highest BCUT2D eigenvalue weighted by atomic mass is 79.9. The highest BCUT2D eigenvalue weighted by Gasteiger charge is 2.12. The van der Waals surface area contributed by atoms with Gasteiger partial charge in [-0.1, -0.05) is 6.07 Å². The highest BCUT2D eigenvalue weighted by Crippen LogP contribution is 2.22. The summed E-state index contributed by atoms with van der Waals surface area (Å²) >= 11 is 3.58. The van der Waals surface area contributed by atoms with Gasteiger partial charge in [0.2, 0.25) is 0 Å². The normalized spacial score (nSPS) is 17.9. The summed E-state index contributed by atoms with van der Waals surface area (Å²) < 4.78 is 1.14. The summed E-state index contributed by atoms with van der Waals surface area (Å²) in [5.74, 6) is 0. The van der Waals surface area contributed by atoms with Gasteiger partial charge in [-0.05, 0) is 47.6 Å². The SMILES string of the molecule is Cc1ccc(Br)c(NCCN2CCN(C)CC2)c1. The molecule has 1 saturated heterocycles. The van der Waals surface area contributed by atoms with Crippen LogP contribution in [0, 0.1) is 6.92 Å². The number of hydrogen-bond acceptors (Lipinski definition) is 3. The molecule has 0 amide bonds. The van der Waals surface area contributed by atoms with Gasteiger partial charge in [-0.3, -0.25) is 4.90 Å². The van der Waals surface area contributed by atoms with Crippen LogP contribution in [0.1, 0.15) is 5.56 Å². The zero-order valence-corrected chi connectivity index (χ0v) is 12.8. The first-order chi connectivity index (χ1) is 8.65. The number of likely N-dealkylation sites (N-methyl/N-ethyl adjacent to an activating group) is 1. The predicted molar refractivity (Wildman–Crippen MR) is 81.3 cm³/mol. The number of hydrogen-bond donors (Lipinski definition) is 1. The summed E-state index contributed by atoms with van der Waals surface area (Å²) in [6, 6.07) is 6.41. The quantitative estimate of drug-likeness (QED) is 0.921. The van der Waals surface area contributed by atoms with Gasteiger partial charge >= 0.3 is 0 Å². The van der Waals surface area contributed by atoms with E-state index in [0.29, 0.717) is 0 Å². The summed E-state index contributed by atoms with van der Waals surface area (Å²) in [6.07, 6.45) is 0. The van der Waals surface area contributed by atoms with Gasteiger partial charge < -0.3 is 10.2 Å². The number of benzene rings is 1. The second kappa shape index (κ2) is 6.55. The Kier molecular flexibility index (Phi) is 5.03. The maximum absolute atomic E-state index is 3.58. The minimum Gasteiger partial charge on any atom is -0.383 e. The lowest BCUT2D eigenvalue weighted by molar-refractivity contribution is 0.158. The average Bonchev–Trinajstić information content (AvgIpc) is 2.36. The first kappa shape index (κ1) is 13.8. The zero-order valence-electron chi connectivity index (χ0n) is 11.2. The van der Waals surface area contributed by atoms with Gasteiger partial charge in [-0.2, -0.15) is 0 Å². The van der Waals surface area contributed by atoms with Crippen LogP contribution in [0.25, 0.3) is 0 Å². The first-order valence-corrected chi connectivity index (χ1v) is 7.35. The van der Waals surface area contributed by atoms with E-state index in [-0.39, 0.29) is 0 Å². The standard InChI is InChI=1S/C14H22BrN3/c1-12-3-4-13(15)14(11-12)16-5-6-18-9-7-17(2)8-10-18/h3-4,11,16H,5-10H2,1-2H3. The van der Waals surface area contributed by atoms with E-state index in [1.807, 2.05) is 0 Å². The largest absolute Gasteiger partial charge is 0.383 e. The van der Waals surface area contributed by atoms with Crippen molar-refractivity contribution in [3.63, 3.8) is 0 Å². The minimum absolute atomic E-state index is 1.01. The topological polar surface area (TPSA) is 18.5 Å². The summed E-state index contributed by atoms with van der Waals surface area (Å²) in [5, 5.41) is 3.51. The fourth-order valence-corrected chi connectivity index (χ4v) is 2.58. The van der Waals surface area contributed by atoms with Crippen LogP contribution in [0.15, 0.2) is 22.7 Å². The number of rotatable bonds is 4. The zero-order chi connectivity index (χ0) is 13.0. The molecule has 0 atom stereocenters. The van der Waals surface area contributed by atoms with Crippen LogP contribution in [0.2, 0.25) is 0 Å². The van der Waals surface area contributed by atoms with Gasteiger partial charge in [0.1, 0.15) is 0 Å². The summed E-state index contributed by atoms with van der Waals surface area (Å²) in [5.41, 5.74) is 2.49. The van der Waals surface area contributed by atoms with E-state index in [9.17, 15) is 0 Å². The maximum atomic E-state index is 3.58. The number of nitrogens with zero attached hydrogens (tertiary/aromatic N) is 2. The lowest BCUT2D eigenvalue weighted by Gasteiger charge is -2.32. The minimum atomic E-state index is 1.01. The molecule has 0 saturated carbocycles. The Balaban J connectivity index is 1.76. The molecule has 3 nitrogen and oxygen atoms in total. The summed E-state index contributed by atoms with van der Waals surface area (Å²) in [4.78, 5) is 4.91. The van der Waals surface area contributed by atoms with Gasteiger partial charge in [0.05, 0.1) is 0 Å². The molecular formula is C14H22BrN3. The molecule has 4 heteroatoms. The lowest BCUT2D eigenvalue weighted by Crippen LogP contribution is -2.45. The average molecular weight is 312 g/mol. The van der Waals surface area contributed by atoms with Crippen molar-refractivity contribution in [3.05, 3.63) is 28.2 Å². The third-order valence-corrected chi connectivity index (χ3v) is 4.15. The van der Waals surface area contributed by atoms with E-state index in [1.54, 1.807) is 0 Å². The van der Waals surface area contributed by atoms with Gasteiger partial charge in [-0.15, -0.1) is 0 Å². The second-order valence-corrected chi connectivity index (χ2v) is 5.91. The van der Waals surface area contributed by atoms with Crippen LogP contribution in [0.3, 0.4) is 0 Å². The van der Waals surface area contributed by atoms with Crippen LogP contribution < -0.4 is 5.32 Å². The van der Waals surface area contributed by atoms with Crippen molar-refractivity contribution in [2.75, 3.05) is 51.6 Å². The van der Waals surface area contributed by atoms with E-state index in [1.165, 1.54) is 37.4 Å². The van der Waals surface area contributed by atoms with E-state index in [2.05, 4.69) is 63.2 Å². The Morgan fingerprint density at radius 1 is 1.22 bits per heavy atom. The van der Waals surface area contributed by atoms with Gasteiger partial charge in [0.25, 0.3) is 0 Å². The Morgan fingerprint density at radius 3 is 2.67 bits per heavy atom. The summed E-state index contributed by atoms with van der Waals surface area (Å²) in [6.45, 7) is 9.00. The van der Waals surface area contributed by atoms with Crippen molar-refractivity contribution >= 4 is 21.6 Å². The predicted octanol–water partition coefficient (Wildman–Crippen LogP) is 2.42. The van der Waals surface area contributed by atoms with Crippen LogP contribution in [0.4, 0.5) is 5.69 Å². The molecule has 0 unspecified atom stereocenters. The molecule has 1 aliphatic rings. The molecule has 0 radical (unpaired) electrons. The molecule has 0 bridgehead atoms. The second-order valence-electron chi connectivity index (χ2n) is 5.05. The van der Waals surface area contributed by atoms with Crippen molar-refractivity contribution in [2.24, 2.45) is 0 Å². The molecular weight excluding hydrogens is 290 g/mol. The lowest BCUT2D eigenvalue weighted by atomic mass is 10.2. The molecule has 0 aliphatic carbocycles. The van der Waals surface area contributed by atoms with E-state index < -0.39 is 0 Å². The molecule has 18 heavy (non-hydrogen) atoms. The molecule has 1 aromatic carbocycles. The smallest absolute Gasteiger partial charge is 0.0487 e. The molecule has 0 aromatic heterocycles. The van der Waals surface area contributed by atoms with E-state index >= 15 is 0 Å². The molecule has 100 valence electrons. The number of nitrogens with one attached hydrogen (secondary N) is 1. The van der Waals surface area contributed by atoms with Gasteiger partial charge in [0.15, 0.2) is 0 Å². The van der Waals surface area contributed by atoms with Crippen molar-refractivity contribution in [2.45, 2.75) is 6.92 Å². The van der Waals surface area contributed by atoms with Gasteiger partial charge in [-0.25, -0.2) is 0 Å². The molecule has 1 heterocycles. The highest BCUT2D eigenvalue weighted by molar-refractivity contribution is 9.10. The van der Waals surface area contributed by atoms with Crippen molar-refractivity contribution in [1.82, 2.24) is 9.80 Å². The molecule has 2 rings (SSSR count). The number of anilines is 1. The fourth-order valence-electron chi connectivity index (χ4n) is 2.19. The van der Waals surface area contributed by atoms with Crippen molar-refractivity contribution < 1.29 is 0 Å². The Hall–Kier alpha value is -0.580. The Morgan fingerprint density at radius 2 is 1.94 bits per heavy atom. The van der Waals surface area contributed by atoms with Crippen molar-refractivity contribution in [3.8, 4) is 0 Å². The van der Waals surface area contributed by atoms with Gasteiger partial charge in [0, 0.05) is 49.4 Å².